The van der Waals surface area contributed by atoms with Gasteiger partial charge in [0.15, 0.2) is 0 Å². The predicted octanol–water partition coefficient (Wildman–Crippen LogP) is 2.89. The molecule has 22 heavy (non-hydrogen) atoms. The van der Waals surface area contributed by atoms with Crippen molar-refractivity contribution in [2.75, 3.05) is 20.2 Å². The molecule has 0 amide bonds. The summed E-state index contributed by atoms with van der Waals surface area (Å²) in [4.78, 5) is 2.33. The number of benzene rings is 2. The summed E-state index contributed by atoms with van der Waals surface area (Å²) < 4.78 is 18.6. The van der Waals surface area contributed by atoms with Crippen molar-refractivity contribution in [3.05, 3.63) is 65.0 Å². The van der Waals surface area contributed by atoms with Gasteiger partial charge in [-0.25, -0.2) is 4.39 Å². The van der Waals surface area contributed by atoms with Crippen molar-refractivity contribution < 1.29 is 9.13 Å². The van der Waals surface area contributed by atoms with Gasteiger partial charge < -0.3 is 10.5 Å². The zero-order valence-electron chi connectivity index (χ0n) is 12.8. The Morgan fingerprint density at radius 2 is 2.00 bits per heavy atom. The second-order valence-electron chi connectivity index (χ2n) is 5.66. The predicted molar refractivity (Wildman–Crippen MR) is 85.3 cm³/mol. The van der Waals surface area contributed by atoms with Gasteiger partial charge in [-0.3, -0.25) is 4.90 Å². The van der Waals surface area contributed by atoms with Crippen LogP contribution in [0.5, 0.6) is 5.75 Å². The molecule has 2 aromatic rings. The third-order valence-electron chi connectivity index (χ3n) is 4.35. The SMILES string of the molecule is COc1ccc(CCN2Cc3ccc(F)cc3C2CN)cc1. The molecule has 1 aliphatic heterocycles. The maximum atomic E-state index is 13.4. The van der Waals surface area contributed by atoms with Gasteiger partial charge in [0.2, 0.25) is 0 Å². The van der Waals surface area contributed by atoms with E-state index in [1.54, 1.807) is 13.2 Å². The van der Waals surface area contributed by atoms with E-state index in [2.05, 4.69) is 17.0 Å². The number of hydrogen-bond donors (Lipinski definition) is 1. The van der Waals surface area contributed by atoms with Crippen LogP contribution in [0.4, 0.5) is 4.39 Å². The van der Waals surface area contributed by atoms with E-state index in [0.717, 1.165) is 30.8 Å². The maximum absolute atomic E-state index is 13.4. The van der Waals surface area contributed by atoms with Crippen LogP contribution in [-0.4, -0.2) is 25.1 Å². The molecule has 1 unspecified atom stereocenters. The standard InChI is InChI=1S/C18H21FN2O/c1-22-16-6-2-13(3-7-16)8-9-21-12-14-4-5-15(19)10-17(14)18(21)11-20/h2-7,10,18H,8-9,11-12,20H2,1H3. The lowest BCUT2D eigenvalue weighted by Crippen LogP contribution is -2.29. The number of rotatable bonds is 5. The molecule has 3 rings (SSSR count). The Bertz CT molecular complexity index is 642. The van der Waals surface area contributed by atoms with E-state index in [1.165, 1.54) is 17.2 Å². The van der Waals surface area contributed by atoms with Gasteiger partial charge in [0.1, 0.15) is 11.6 Å². The van der Waals surface area contributed by atoms with Crippen LogP contribution in [0.25, 0.3) is 0 Å². The second-order valence-corrected chi connectivity index (χ2v) is 5.66. The maximum Gasteiger partial charge on any atom is 0.123 e. The van der Waals surface area contributed by atoms with Gasteiger partial charge in [0.25, 0.3) is 0 Å². The Morgan fingerprint density at radius 3 is 2.68 bits per heavy atom. The molecule has 116 valence electrons. The molecule has 0 bridgehead atoms. The van der Waals surface area contributed by atoms with Crippen molar-refractivity contribution >= 4 is 0 Å². The Morgan fingerprint density at radius 1 is 1.23 bits per heavy atom. The smallest absolute Gasteiger partial charge is 0.123 e. The summed E-state index contributed by atoms with van der Waals surface area (Å²) >= 11 is 0. The second kappa shape index (κ2) is 6.46. The molecule has 1 aliphatic rings. The normalized spacial score (nSPS) is 17.5. The number of fused-ring (bicyclic) bond motifs is 1. The van der Waals surface area contributed by atoms with Crippen LogP contribution in [0.2, 0.25) is 0 Å². The van der Waals surface area contributed by atoms with E-state index in [-0.39, 0.29) is 11.9 Å². The van der Waals surface area contributed by atoms with Crippen LogP contribution in [0, 0.1) is 5.82 Å². The van der Waals surface area contributed by atoms with Crippen LogP contribution >= 0.6 is 0 Å². The zero-order chi connectivity index (χ0) is 15.5. The minimum atomic E-state index is -0.186. The third kappa shape index (κ3) is 2.98. The van der Waals surface area contributed by atoms with Crippen molar-refractivity contribution in [2.45, 2.75) is 19.0 Å². The molecule has 0 saturated carbocycles. The van der Waals surface area contributed by atoms with Gasteiger partial charge in [-0.15, -0.1) is 0 Å². The van der Waals surface area contributed by atoms with Gasteiger partial charge in [-0.05, 0) is 47.4 Å². The van der Waals surface area contributed by atoms with E-state index < -0.39 is 0 Å². The molecule has 4 heteroatoms. The summed E-state index contributed by atoms with van der Waals surface area (Å²) in [5.41, 5.74) is 9.40. The number of nitrogens with two attached hydrogens (primary N) is 1. The first-order chi connectivity index (χ1) is 10.7. The van der Waals surface area contributed by atoms with E-state index in [4.69, 9.17) is 10.5 Å². The average molecular weight is 300 g/mol. The fourth-order valence-electron chi connectivity index (χ4n) is 3.12. The molecule has 0 aliphatic carbocycles. The van der Waals surface area contributed by atoms with Gasteiger partial charge in [-0.2, -0.15) is 0 Å². The van der Waals surface area contributed by atoms with Crippen LogP contribution in [0.1, 0.15) is 22.7 Å². The number of ether oxygens (including phenoxy) is 1. The van der Waals surface area contributed by atoms with Crippen molar-refractivity contribution in [2.24, 2.45) is 5.73 Å². The Hall–Kier alpha value is -1.91. The number of nitrogens with zero attached hydrogens (tertiary/aromatic N) is 1. The highest BCUT2D eigenvalue weighted by Gasteiger charge is 2.28. The minimum absolute atomic E-state index is 0.115. The van der Waals surface area contributed by atoms with Gasteiger partial charge in [0.05, 0.1) is 7.11 Å². The van der Waals surface area contributed by atoms with Gasteiger partial charge >= 0.3 is 0 Å². The molecular formula is C18H21FN2O. The van der Waals surface area contributed by atoms with Crippen LogP contribution in [0.3, 0.4) is 0 Å². The van der Waals surface area contributed by atoms with Gasteiger partial charge in [0, 0.05) is 25.7 Å². The third-order valence-corrected chi connectivity index (χ3v) is 4.35. The summed E-state index contributed by atoms with van der Waals surface area (Å²) in [6.07, 6.45) is 0.941. The van der Waals surface area contributed by atoms with Crippen LogP contribution < -0.4 is 10.5 Å². The summed E-state index contributed by atoms with van der Waals surface area (Å²) in [5, 5.41) is 0. The van der Waals surface area contributed by atoms with Crippen molar-refractivity contribution in [3.8, 4) is 5.75 Å². The summed E-state index contributed by atoms with van der Waals surface area (Å²) in [7, 11) is 1.67. The minimum Gasteiger partial charge on any atom is -0.497 e. The van der Waals surface area contributed by atoms with E-state index in [9.17, 15) is 4.39 Å². The highest BCUT2D eigenvalue weighted by Crippen LogP contribution is 2.33. The molecule has 1 atom stereocenters. The Labute approximate surface area is 130 Å². The largest absolute Gasteiger partial charge is 0.497 e. The topological polar surface area (TPSA) is 38.5 Å². The van der Waals surface area contributed by atoms with Crippen LogP contribution in [-0.2, 0) is 13.0 Å². The monoisotopic (exact) mass is 300 g/mol. The summed E-state index contributed by atoms with van der Waals surface area (Å²) in [6.45, 7) is 2.26. The summed E-state index contributed by atoms with van der Waals surface area (Å²) in [6, 6.07) is 13.3. The van der Waals surface area contributed by atoms with Crippen molar-refractivity contribution in [1.82, 2.24) is 4.90 Å². The lowest BCUT2D eigenvalue weighted by molar-refractivity contribution is 0.222. The van der Waals surface area contributed by atoms with Gasteiger partial charge in [-0.1, -0.05) is 18.2 Å². The zero-order valence-corrected chi connectivity index (χ0v) is 12.8. The molecule has 0 aromatic heterocycles. The Kier molecular flexibility index (Phi) is 4.41. The average Bonchev–Trinajstić information content (AvgIpc) is 2.90. The molecular weight excluding hydrogens is 279 g/mol. The molecule has 0 radical (unpaired) electrons. The van der Waals surface area contributed by atoms with Crippen molar-refractivity contribution in [1.29, 1.82) is 0 Å². The lowest BCUT2D eigenvalue weighted by Gasteiger charge is -2.23. The van der Waals surface area contributed by atoms with E-state index in [1.807, 2.05) is 18.2 Å². The number of methoxy groups -OCH3 is 1. The molecule has 0 fully saturated rings. The molecule has 0 spiro atoms. The number of halogens is 1. The quantitative estimate of drug-likeness (QED) is 0.923. The fraction of sp³-hybridized carbons (Fsp3) is 0.333. The molecule has 0 saturated heterocycles. The first kappa shape index (κ1) is 15.0. The van der Waals surface area contributed by atoms with Crippen LogP contribution in [0.15, 0.2) is 42.5 Å². The number of hydrogen-bond acceptors (Lipinski definition) is 3. The highest BCUT2D eigenvalue weighted by molar-refractivity contribution is 5.35. The Balaban J connectivity index is 1.68. The summed E-state index contributed by atoms with van der Waals surface area (Å²) in [5.74, 6) is 0.682. The highest BCUT2D eigenvalue weighted by atomic mass is 19.1. The van der Waals surface area contributed by atoms with Crippen molar-refractivity contribution in [3.63, 3.8) is 0 Å². The molecule has 3 nitrogen and oxygen atoms in total. The first-order valence-electron chi connectivity index (χ1n) is 7.56. The molecule has 1 heterocycles. The first-order valence-corrected chi connectivity index (χ1v) is 7.56. The van der Waals surface area contributed by atoms with E-state index in [0.29, 0.717) is 6.54 Å². The lowest BCUT2D eigenvalue weighted by atomic mass is 10.0. The van der Waals surface area contributed by atoms with E-state index >= 15 is 0 Å². The fourth-order valence-corrected chi connectivity index (χ4v) is 3.12. The molecule has 2 N–H and O–H groups in total. The molecule has 2 aromatic carbocycles.